The van der Waals surface area contributed by atoms with E-state index in [0.29, 0.717) is 6.04 Å². The predicted molar refractivity (Wildman–Crippen MR) is 78.6 cm³/mol. The van der Waals surface area contributed by atoms with Crippen LogP contribution in [0.3, 0.4) is 0 Å². The summed E-state index contributed by atoms with van der Waals surface area (Å²) in [5, 5.41) is 3.32. The third-order valence-electron chi connectivity index (χ3n) is 4.66. The smallest absolute Gasteiger partial charge is 0.205 e. The molecule has 1 saturated heterocycles. The minimum absolute atomic E-state index is 0.696. The molecule has 1 aliphatic carbocycles. The highest BCUT2D eigenvalue weighted by molar-refractivity contribution is 5.33. The molecule has 2 aliphatic rings. The molecule has 106 valence electrons. The van der Waals surface area contributed by atoms with E-state index in [2.05, 4.69) is 33.0 Å². The van der Waals surface area contributed by atoms with Gasteiger partial charge < -0.3 is 14.8 Å². The van der Waals surface area contributed by atoms with Crippen molar-refractivity contribution in [2.45, 2.75) is 44.6 Å². The molecule has 4 heteroatoms. The summed E-state index contributed by atoms with van der Waals surface area (Å²) < 4.78 is 2.44. The molecule has 0 amide bonds. The molecule has 3 rings (SSSR count). The van der Waals surface area contributed by atoms with E-state index in [9.17, 15) is 0 Å². The number of anilines is 1. The molecule has 1 N–H and O–H groups in total. The van der Waals surface area contributed by atoms with Gasteiger partial charge in [0.1, 0.15) is 0 Å². The van der Waals surface area contributed by atoms with Crippen LogP contribution in [0.4, 0.5) is 5.95 Å². The second-order valence-corrected chi connectivity index (χ2v) is 6.08. The Kier molecular flexibility index (Phi) is 4.06. The largest absolute Gasteiger partial charge is 0.342 e. The zero-order chi connectivity index (χ0) is 13.1. The van der Waals surface area contributed by atoms with Gasteiger partial charge in [-0.2, -0.15) is 0 Å². The lowest BCUT2D eigenvalue weighted by atomic mass is 9.98. The van der Waals surface area contributed by atoms with E-state index in [4.69, 9.17) is 0 Å². The van der Waals surface area contributed by atoms with Crippen LogP contribution in [0, 0.1) is 5.92 Å². The minimum atomic E-state index is 0.696. The summed E-state index contributed by atoms with van der Waals surface area (Å²) in [7, 11) is 2.05. The molecular formula is C15H26N4. The second-order valence-electron chi connectivity index (χ2n) is 6.08. The topological polar surface area (TPSA) is 33.1 Å². The fraction of sp³-hybridized carbons (Fsp3) is 0.800. The lowest BCUT2D eigenvalue weighted by molar-refractivity contribution is 0.392. The number of piperidine rings is 1. The Bertz CT molecular complexity index is 393. The van der Waals surface area contributed by atoms with Gasteiger partial charge in [0.15, 0.2) is 0 Å². The number of imidazole rings is 1. The van der Waals surface area contributed by atoms with Gasteiger partial charge in [0, 0.05) is 31.5 Å². The van der Waals surface area contributed by atoms with Gasteiger partial charge in [-0.1, -0.05) is 12.8 Å². The summed E-state index contributed by atoms with van der Waals surface area (Å²) in [5.74, 6) is 1.99. The predicted octanol–water partition coefficient (Wildman–Crippen LogP) is 2.43. The van der Waals surface area contributed by atoms with Gasteiger partial charge in [0.2, 0.25) is 5.95 Å². The van der Waals surface area contributed by atoms with Crippen molar-refractivity contribution in [3.8, 4) is 0 Å². The van der Waals surface area contributed by atoms with Gasteiger partial charge in [-0.25, -0.2) is 4.98 Å². The highest BCUT2D eigenvalue weighted by Crippen LogP contribution is 2.33. The summed E-state index contributed by atoms with van der Waals surface area (Å²) in [6, 6.07) is 0.696. The van der Waals surface area contributed by atoms with Crippen LogP contribution in [0.5, 0.6) is 0 Å². The van der Waals surface area contributed by atoms with Gasteiger partial charge >= 0.3 is 0 Å². The number of rotatable bonds is 4. The van der Waals surface area contributed by atoms with Crippen LogP contribution < -0.4 is 10.2 Å². The highest BCUT2D eigenvalue weighted by atomic mass is 15.3. The van der Waals surface area contributed by atoms with Gasteiger partial charge in [-0.15, -0.1) is 0 Å². The maximum Gasteiger partial charge on any atom is 0.205 e. The first kappa shape index (κ1) is 13.0. The third-order valence-corrected chi connectivity index (χ3v) is 4.66. The first-order valence-electron chi connectivity index (χ1n) is 7.81. The Labute approximate surface area is 116 Å². The Morgan fingerprint density at radius 3 is 2.89 bits per heavy atom. The summed E-state index contributed by atoms with van der Waals surface area (Å²) in [5.41, 5.74) is 0. The third kappa shape index (κ3) is 2.78. The van der Waals surface area contributed by atoms with Crippen LogP contribution in [0.2, 0.25) is 0 Å². The van der Waals surface area contributed by atoms with Gasteiger partial charge in [-0.05, 0) is 45.2 Å². The molecule has 1 saturated carbocycles. The average Bonchev–Trinajstić information content (AvgIpc) is 3.10. The van der Waals surface area contributed by atoms with Crippen LogP contribution in [-0.4, -0.2) is 36.2 Å². The monoisotopic (exact) mass is 262 g/mol. The van der Waals surface area contributed by atoms with E-state index in [-0.39, 0.29) is 0 Å². The van der Waals surface area contributed by atoms with Gasteiger partial charge in [0.25, 0.3) is 0 Å². The van der Waals surface area contributed by atoms with Crippen molar-refractivity contribution >= 4 is 5.95 Å². The molecule has 2 heterocycles. The maximum absolute atomic E-state index is 4.65. The summed E-state index contributed by atoms with van der Waals surface area (Å²) >= 11 is 0. The highest BCUT2D eigenvalue weighted by Gasteiger charge is 2.25. The number of aromatic nitrogens is 2. The van der Waals surface area contributed by atoms with Crippen molar-refractivity contribution in [1.29, 1.82) is 0 Å². The Hall–Kier alpha value is -1.03. The lowest BCUT2D eigenvalue weighted by Crippen LogP contribution is -2.40. The molecular weight excluding hydrogens is 236 g/mol. The molecule has 19 heavy (non-hydrogen) atoms. The molecule has 1 aromatic rings. The maximum atomic E-state index is 4.65. The van der Waals surface area contributed by atoms with Crippen molar-refractivity contribution in [1.82, 2.24) is 14.9 Å². The average molecular weight is 262 g/mol. The molecule has 2 fully saturated rings. The quantitative estimate of drug-likeness (QED) is 0.904. The van der Waals surface area contributed by atoms with E-state index >= 15 is 0 Å². The van der Waals surface area contributed by atoms with Crippen LogP contribution in [0.1, 0.15) is 44.6 Å². The van der Waals surface area contributed by atoms with Crippen molar-refractivity contribution in [2.24, 2.45) is 5.92 Å². The van der Waals surface area contributed by atoms with Crippen LogP contribution in [0.15, 0.2) is 12.4 Å². The summed E-state index contributed by atoms with van der Waals surface area (Å²) in [6.45, 7) is 3.45. The van der Waals surface area contributed by atoms with Crippen molar-refractivity contribution < 1.29 is 0 Å². The first-order chi connectivity index (χ1) is 9.38. The van der Waals surface area contributed by atoms with E-state index in [1.165, 1.54) is 51.0 Å². The summed E-state index contributed by atoms with van der Waals surface area (Å²) in [4.78, 5) is 7.15. The normalized spacial score (nSPS) is 25.1. The second kappa shape index (κ2) is 5.95. The van der Waals surface area contributed by atoms with E-state index in [1.54, 1.807) is 0 Å². The molecule has 1 atom stereocenters. The molecule has 0 radical (unpaired) electrons. The zero-order valence-electron chi connectivity index (χ0n) is 12.0. The van der Waals surface area contributed by atoms with Gasteiger partial charge in [0.05, 0.1) is 0 Å². The molecule has 1 aromatic heterocycles. The van der Waals surface area contributed by atoms with E-state index in [1.807, 2.05) is 6.20 Å². The minimum Gasteiger partial charge on any atom is -0.342 e. The van der Waals surface area contributed by atoms with Crippen molar-refractivity contribution in [2.75, 3.05) is 31.6 Å². The van der Waals surface area contributed by atoms with Crippen molar-refractivity contribution in [3.05, 3.63) is 12.4 Å². The molecule has 1 aliphatic heterocycles. The van der Waals surface area contributed by atoms with Gasteiger partial charge in [-0.3, -0.25) is 0 Å². The van der Waals surface area contributed by atoms with Crippen LogP contribution >= 0.6 is 0 Å². The lowest BCUT2D eigenvalue weighted by Gasteiger charge is -2.34. The number of hydrogen-bond acceptors (Lipinski definition) is 3. The SMILES string of the molecule is CNCC1CCCN(c2nccn2C2CCCC2)C1. The fourth-order valence-corrected chi connectivity index (χ4v) is 3.72. The van der Waals surface area contributed by atoms with E-state index < -0.39 is 0 Å². The molecule has 1 unspecified atom stereocenters. The first-order valence-corrected chi connectivity index (χ1v) is 7.81. The van der Waals surface area contributed by atoms with E-state index in [0.717, 1.165) is 19.0 Å². The molecule has 0 aromatic carbocycles. The molecule has 0 spiro atoms. The zero-order valence-corrected chi connectivity index (χ0v) is 12.0. The molecule has 4 nitrogen and oxygen atoms in total. The van der Waals surface area contributed by atoms with Crippen molar-refractivity contribution in [3.63, 3.8) is 0 Å². The number of nitrogens with zero attached hydrogens (tertiary/aromatic N) is 3. The Balaban J connectivity index is 1.72. The summed E-state index contributed by atoms with van der Waals surface area (Å²) in [6.07, 6.45) is 12.2. The number of hydrogen-bond donors (Lipinski definition) is 1. The Morgan fingerprint density at radius 1 is 1.26 bits per heavy atom. The standard InChI is InChI=1S/C15H26N4/c1-16-11-13-5-4-9-18(12-13)15-17-8-10-19(15)14-6-2-3-7-14/h8,10,13-14,16H,2-7,9,11-12H2,1H3. The molecule has 0 bridgehead atoms. The van der Waals surface area contributed by atoms with Crippen LogP contribution in [0.25, 0.3) is 0 Å². The van der Waals surface area contributed by atoms with Crippen LogP contribution in [-0.2, 0) is 0 Å². The number of nitrogens with one attached hydrogen (secondary N) is 1. The fourth-order valence-electron chi connectivity index (χ4n) is 3.72. The Morgan fingerprint density at radius 2 is 2.11 bits per heavy atom.